The van der Waals surface area contributed by atoms with Crippen LogP contribution < -0.4 is 0 Å². The number of carbonyl (C=O) groups is 1. The van der Waals surface area contributed by atoms with Crippen molar-refractivity contribution in [3.63, 3.8) is 0 Å². The van der Waals surface area contributed by atoms with Crippen LogP contribution in [0.5, 0.6) is 0 Å². The molecule has 2 heterocycles. The van der Waals surface area contributed by atoms with E-state index in [1.54, 1.807) is 6.07 Å². The molecular weight excluding hydrogens is 331 g/mol. The lowest BCUT2D eigenvalue weighted by atomic mass is 9.96. The lowest BCUT2D eigenvalue weighted by Crippen LogP contribution is -2.33. The van der Waals surface area contributed by atoms with Gasteiger partial charge >= 0.3 is 0 Å². The van der Waals surface area contributed by atoms with Crippen LogP contribution in [0.15, 0.2) is 18.2 Å². The molecule has 2 aliphatic rings. The minimum absolute atomic E-state index is 0.00844. The molecule has 0 aliphatic carbocycles. The van der Waals surface area contributed by atoms with Gasteiger partial charge in [-0.25, -0.2) is 4.39 Å². The van der Waals surface area contributed by atoms with Gasteiger partial charge in [-0.2, -0.15) is 0 Å². The van der Waals surface area contributed by atoms with E-state index in [9.17, 15) is 14.3 Å². The fourth-order valence-electron chi connectivity index (χ4n) is 3.79. The van der Waals surface area contributed by atoms with Crippen molar-refractivity contribution in [1.82, 2.24) is 9.80 Å². The van der Waals surface area contributed by atoms with E-state index in [0.717, 1.165) is 19.6 Å². The number of likely N-dealkylation sites (tertiary alicyclic amines) is 2. The first kappa shape index (κ1) is 17.6. The topological polar surface area (TPSA) is 43.8 Å². The van der Waals surface area contributed by atoms with E-state index in [-0.39, 0.29) is 29.9 Å². The monoisotopic (exact) mass is 354 g/mol. The Bertz CT molecular complexity index is 592. The summed E-state index contributed by atoms with van der Waals surface area (Å²) in [5, 5.41) is 9.94. The zero-order valence-corrected chi connectivity index (χ0v) is 14.5. The van der Waals surface area contributed by atoms with Gasteiger partial charge in [-0.3, -0.25) is 4.79 Å². The molecule has 0 spiro atoms. The number of rotatable bonds is 5. The highest BCUT2D eigenvalue weighted by atomic mass is 35.5. The predicted molar refractivity (Wildman–Crippen MR) is 91.4 cm³/mol. The highest BCUT2D eigenvalue weighted by Crippen LogP contribution is 2.27. The van der Waals surface area contributed by atoms with E-state index in [0.29, 0.717) is 24.6 Å². The highest BCUT2D eigenvalue weighted by molar-refractivity contribution is 6.31. The Morgan fingerprint density at radius 1 is 1.25 bits per heavy atom. The molecule has 2 fully saturated rings. The fourth-order valence-corrected chi connectivity index (χ4v) is 4.03. The standard InChI is InChI=1S/C18H24ClFN2O2/c19-17-8-16(20)4-3-13(17)7-18(24)22-10-14(15(11-22)12-23)9-21-5-1-2-6-21/h3-4,8,14-15,23H,1-2,5-7,9-12H2/t14-,15-/m1/s1. The molecule has 1 aromatic carbocycles. The van der Waals surface area contributed by atoms with Crippen molar-refractivity contribution in [2.45, 2.75) is 19.3 Å². The molecule has 4 nitrogen and oxygen atoms in total. The fraction of sp³-hybridized carbons (Fsp3) is 0.611. The maximum Gasteiger partial charge on any atom is 0.227 e. The summed E-state index contributed by atoms with van der Waals surface area (Å²) in [4.78, 5) is 16.8. The predicted octanol–water partition coefficient (Wildman–Crippen LogP) is 2.18. The number of hydrogen-bond donors (Lipinski definition) is 1. The molecule has 132 valence electrons. The van der Waals surface area contributed by atoms with Gasteiger partial charge in [0.1, 0.15) is 5.82 Å². The average molecular weight is 355 g/mol. The summed E-state index contributed by atoms with van der Waals surface area (Å²) < 4.78 is 13.1. The van der Waals surface area contributed by atoms with Crippen LogP contribution in [0.2, 0.25) is 5.02 Å². The maximum absolute atomic E-state index is 13.1. The van der Waals surface area contributed by atoms with Gasteiger partial charge in [0.2, 0.25) is 5.91 Å². The van der Waals surface area contributed by atoms with Gasteiger partial charge in [-0.1, -0.05) is 17.7 Å². The van der Waals surface area contributed by atoms with Crippen molar-refractivity contribution in [2.24, 2.45) is 11.8 Å². The van der Waals surface area contributed by atoms with E-state index in [1.165, 1.54) is 25.0 Å². The Kier molecular flexibility index (Phi) is 5.74. The molecule has 6 heteroatoms. The quantitative estimate of drug-likeness (QED) is 0.881. The van der Waals surface area contributed by atoms with E-state index in [2.05, 4.69) is 4.90 Å². The second-order valence-corrected chi connectivity index (χ2v) is 7.33. The number of nitrogens with zero attached hydrogens (tertiary/aromatic N) is 2. The molecule has 0 radical (unpaired) electrons. The van der Waals surface area contributed by atoms with Gasteiger partial charge in [-0.15, -0.1) is 0 Å². The van der Waals surface area contributed by atoms with E-state index in [1.807, 2.05) is 4.90 Å². The van der Waals surface area contributed by atoms with Crippen LogP contribution in [0.3, 0.4) is 0 Å². The molecular formula is C18H24ClFN2O2. The number of benzene rings is 1. The Morgan fingerprint density at radius 3 is 2.62 bits per heavy atom. The van der Waals surface area contributed by atoms with Crippen LogP contribution in [0.1, 0.15) is 18.4 Å². The maximum atomic E-state index is 13.1. The van der Waals surface area contributed by atoms with Crippen LogP contribution in [-0.4, -0.2) is 60.1 Å². The Morgan fingerprint density at radius 2 is 1.96 bits per heavy atom. The lowest BCUT2D eigenvalue weighted by molar-refractivity contribution is -0.129. The van der Waals surface area contributed by atoms with Gasteiger partial charge in [0.15, 0.2) is 0 Å². The Labute approximate surface area is 147 Å². The molecule has 1 N–H and O–H groups in total. The van der Waals surface area contributed by atoms with Crippen molar-refractivity contribution >= 4 is 17.5 Å². The van der Waals surface area contributed by atoms with E-state index < -0.39 is 5.82 Å². The molecule has 0 saturated carbocycles. The summed E-state index contributed by atoms with van der Waals surface area (Å²) in [6, 6.07) is 4.13. The summed E-state index contributed by atoms with van der Waals surface area (Å²) in [5.74, 6) is 0.0493. The number of amides is 1. The van der Waals surface area contributed by atoms with Crippen LogP contribution in [0.25, 0.3) is 0 Å². The molecule has 2 atom stereocenters. The van der Waals surface area contributed by atoms with Crippen molar-refractivity contribution in [1.29, 1.82) is 0 Å². The first-order valence-electron chi connectivity index (χ1n) is 8.61. The molecule has 24 heavy (non-hydrogen) atoms. The second-order valence-electron chi connectivity index (χ2n) is 6.92. The van der Waals surface area contributed by atoms with Crippen molar-refractivity contribution in [3.8, 4) is 0 Å². The van der Waals surface area contributed by atoms with Crippen molar-refractivity contribution in [2.75, 3.05) is 39.3 Å². The van der Waals surface area contributed by atoms with Gasteiger partial charge in [0.25, 0.3) is 0 Å². The van der Waals surface area contributed by atoms with Gasteiger partial charge in [0, 0.05) is 37.2 Å². The largest absolute Gasteiger partial charge is 0.396 e. The SMILES string of the molecule is O=C(Cc1ccc(F)cc1Cl)N1C[C@@H](CN2CCCC2)[C@@H](CO)C1. The van der Waals surface area contributed by atoms with E-state index in [4.69, 9.17) is 11.6 Å². The third kappa shape index (κ3) is 4.08. The normalized spacial score (nSPS) is 24.7. The summed E-state index contributed by atoms with van der Waals surface area (Å²) >= 11 is 6.02. The van der Waals surface area contributed by atoms with Crippen molar-refractivity contribution < 1.29 is 14.3 Å². The Hall–Kier alpha value is -1.17. The highest BCUT2D eigenvalue weighted by Gasteiger charge is 2.36. The molecule has 0 aromatic heterocycles. The summed E-state index contributed by atoms with van der Waals surface area (Å²) in [6.45, 7) is 4.57. The van der Waals surface area contributed by atoms with E-state index >= 15 is 0 Å². The number of hydrogen-bond acceptors (Lipinski definition) is 3. The van der Waals surface area contributed by atoms with Gasteiger partial charge in [-0.05, 0) is 49.5 Å². The molecule has 1 aromatic rings. The number of carbonyl (C=O) groups excluding carboxylic acids is 1. The average Bonchev–Trinajstić information content (AvgIpc) is 3.20. The molecule has 3 rings (SSSR count). The number of aliphatic hydroxyl groups excluding tert-OH is 1. The number of halogens is 2. The van der Waals surface area contributed by atoms with Crippen LogP contribution in [0, 0.1) is 17.7 Å². The first-order valence-corrected chi connectivity index (χ1v) is 8.99. The molecule has 1 amide bonds. The second kappa shape index (κ2) is 7.81. The minimum Gasteiger partial charge on any atom is -0.396 e. The zero-order chi connectivity index (χ0) is 17.1. The molecule has 0 bridgehead atoms. The zero-order valence-electron chi connectivity index (χ0n) is 13.8. The minimum atomic E-state index is -0.400. The first-order chi connectivity index (χ1) is 11.6. The number of aliphatic hydroxyl groups is 1. The van der Waals surface area contributed by atoms with Crippen LogP contribution in [-0.2, 0) is 11.2 Å². The molecule has 0 unspecified atom stereocenters. The lowest BCUT2D eigenvalue weighted by Gasteiger charge is -2.23. The smallest absolute Gasteiger partial charge is 0.227 e. The molecule has 2 aliphatic heterocycles. The van der Waals surface area contributed by atoms with Gasteiger partial charge in [0.05, 0.1) is 6.42 Å². The van der Waals surface area contributed by atoms with Crippen molar-refractivity contribution in [3.05, 3.63) is 34.6 Å². The summed E-state index contributed by atoms with van der Waals surface area (Å²) in [7, 11) is 0. The van der Waals surface area contributed by atoms with Crippen LogP contribution in [0.4, 0.5) is 4.39 Å². The van der Waals surface area contributed by atoms with Crippen LogP contribution >= 0.6 is 11.6 Å². The van der Waals surface area contributed by atoms with Gasteiger partial charge < -0.3 is 14.9 Å². The third-order valence-corrected chi connectivity index (χ3v) is 5.56. The third-order valence-electron chi connectivity index (χ3n) is 5.21. The molecule has 2 saturated heterocycles. The Balaban J connectivity index is 1.60. The summed E-state index contributed by atoms with van der Waals surface area (Å²) in [6.07, 6.45) is 2.65. The summed E-state index contributed by atoms with van der Waals surface area (Å²) in [5.41, 5.74) is 0.645.